The van der Waals surface area contributed by atoms with Gasteiger partial charge >= 0.3 is 0 Å². The zero-order chi connectivity index (χ0) is 14.5. The lowest BCUT2D eigenvalue weighted by Crippen LogP contribution is -2.22. The Hall–Kier alpha value is -1.25. The SMILES string of the molecule is CCCNC1CCSCc2ccc(-c3ccccc3)cc21. The van der Waals surface area contributed by atoms with Crippen molar-refractivity contribution in [2.75, 3.05) is 12.3 Å². The lowest BCUT2D eigenvalue weighted by molar-refractivity contribution is 0.521. The Kier molecular flexibility index (Phi) is 5.00. The van der Waals surface area contributed by atoms with Crippen LogP contribution in [0.5, 0.6) is 0 Å². The van der Waals surface area contributed by atoms with E-state index in [-0.39, 0.29) is 0 Å². The average molecular weight is 297 g/mol. The van der Waals surface area contributed by atoms with E-state index < -0.39 is 0 Å². The predicted octanol–water partition coefficient (Wildman–Crippen LogP) is 5.03. The Labute approximate surface area is 132 Å². The van der Waals surface area contributed by atoms with Crippen molar-refractivity contribution >= 4 is 11.8 Å². The molecule has 2 heteroatoms. The smallest absolute Gasteiger partial charge is 0.0331 e. The number of rotatable bonds is 4. The molecule has 0 saturated carbocycles. The summed E-state index contributed by atoms with van der Waals surface area (Å²) in [6.45, 7) is 3.34. The van der Waals surface area contributed by atoms with Crippen molar-refractivity contribution in [3.63, 3.8) is 0 Å². The third-order valence-corrected chi connectivity index (χ3v) is 5.12. The van der Waals surface area contributed by atoms with Gasteiger partial charge in [0.1, 0.15) is 0 Å². The second-order valence-corrected chi connectivity index (χ2v) is 6.73. The normalized spacial score (nSPS) is 18.0. The summed E-state index contributed by atoms with van der Waals surface area (Å²) in [5.74, 6) is 2.39. The van der Waals surface area contributed by atoms with Gasteiger partial charge in [-0.1, -0.05) is 49.4 Å². The van der Waals surface area contributed by atoms with Gasteiger partial charge < -0.3 is 5.32 Å². The highest BCUT2D eigenvalue weighted by Gasteiger charge is 2.18. The van der Waals surface area contributed by atoms with Gasteiger partial charge in [0.25, 0.3) is 0 Å². The standard InChI is InChI=1S/C19H23NS/c1-2-11-20-19-10-12-21-14-17-9-8-16(13-18(17)19)15-6-4-3-5-7-15/h3-9,13,19-20H,2,10-12,14H2,1H3. The zero-order valence-corrected chi connectivity index (χ0v) is 13.5. The van der Waals surface area contributed by atoms with Crippen LogP contribution in [0.3, 0.4) is 0 Å². The maximum absolute atomic E-state index is 3.73. The highest BCUT2D eigenvalue weighted by molar-refractivity contribution is 7.98. The molecule has 1 aliphatic heterocycles. The van der Waals surface area contributed by atoms with Crippen molar-refractivity contribution in [1.29, 1.82) is 0 Å². The Balaban J connectivity index is 1.95. The number of fused-ring (bicyclic) bond motifs is 1. The number of nitrogens with one attached hydrogen (secondary N) is 1. The van der Waals surface area contributed by atoms with E-state index in [1.54, 1.807) is 0 Å². The molecule has 110 valence electrons. The molecule has 1 atom stereocenters. The molecule has 0 radical (unpaired) electrons. The molecule has 1 N–H and O–H groups in total. The van der Waals surface area contributed by atoms with Crippen LogP contribution in [0, 0.1) is 0 Å². The van der Waals surface area contributed by atoms with Crippen LogP contribution in [0.4, 0.5) is 0 Å². The minimum atomic E-state index is 0.513. The van der Waals surface area contributed by atoms with E-state index in [2.05, 4.69) is 72.5 Å². The third kappa shape index (κ3) is 3.50. The van der Waals surface area contributed by atoms with Crippen molar-refractivity contribution in [2.45, 2.75) is 31.6 Å². The molecule has 21 heavy (non-hydrogen) atoms. The largest absolute Gasteiger partial charge is 0.310 e. The third-order valence-electron chi connectivity index (χ3n) is 4.08. The molecule has 0 amide bonds. The van der Waals surface area contributed by atoms with E-state index in [1.165, 1.54) is 40.8 Å². The molecule has 0 aromatic heterocycles. The minimum Gasteiger partial charge on any atom is -0.310 e. The lowest BCUT2D eigenvalue weighted by Gasteiger charge is -2.20. The van der Waals surface area contributed by atoms with Gasteiger partial charge in [-0.05, 0) is 53.5 Å². The van der Waals surface area contributed by atoms with Crippen LogP contribution in [0.15, 0.2) is 48.5 Å². The van der Waals surface area contributed by atoms with E-state index in [4.69, 9.17) is 0 Å². The van der Waals surface area contributed by atoms with Crippen LogP contribution in [0.2, 0.25) is 0 Å². The van der Waals surface area contributed by atoms with Crippen LogP contribution in [0.25, 0.3) is 11.1 Å². The van der Waals surface area contributed by atoms with Crippen molar-refractivity contribution in [3.05, 3.63) is 59.7 Å². The summed E-state index contributed by atoms with van der Waals surface area (Å²) in [7, 11) is 0. The minimum absolute atomic E-state index is 0.513. The van der Waals surface area contributed by atoms with Crippen LogP contribution in [-0.4, -0.2) is 12.3 Å². The Morgan fingerprint density at radius 3 is 2.76 bits per heavy atom. The Morgan fingerprint density at radius 1 is 1.10 bits per heavy atom. The van der Waals surface area contributed by atoms with Gasteiger partial charge in [-0.3, -0.25) is 0 Å². The van der Waals surface area contributed by atoms with E-state index in [0.717, 1.165) is 12.3 Å². The van der Waals surface area contributed by atoms with Crippen molar-refractivity contribution in [3.8, 4) is 11.1 Å². The van der Waals surface area contributed by atoms with E-state index in [1.807, 2.05) is 0 Å². The molecule has 0 spiro atoms. The highest BCUT2D eigenvalue weighted by Crippen LogP contribution is 2.33. The van der Waals surface area contributed by atoms with Gasteiger partial charge in [0.2, 0.25) is 0 Å². The monoisotopic (exact) mass is 297 g/mol. The van der Waals surface area contributed by atoms with Crippen LogP contribution in [-0.2, 0) is 5.75 Å². The number of hydrogen-bond donors (Lipinski definition) is 1. The Bertz CT molecular complexity index is 579. The lowest BCUT2D eigenvalue weighted by atomic mass is 9.94. The second-order valence-electron chi connectivity index (χ2n) is 5.63. The van der Waals surface area contributed by atoms with Gasteiger partial charge in [0, 0.05) is 11.8 Å². The fourth-order valence-corrected chi connectivity index (χ4v) is 3.96. The van der Waals surface area contributed by atoms with Gasteiger partial charge in [-0.2, -0.15) is 11.8 Å². The van der Waals surface area contributed by atoms with Gasteiger partial charge in [0.15, 0.2) is 0 Å². The Morgan fingerprint density at radius 2 is 1.95 bits per heavy atom. The first-order chi connectivity index (χ1) is 10.4. The molecule has 2 aromatic rings. The van der Waals surface area contributed by atoms with Gasteiger partial charge in [-0.15, -0.1) is 0 Å². The molecule has 2 aromatic carbocycles. The summed E-state index contributed by atoms with van der Waals surface area (Å²) < 4.78 is 0. The maximum atomic E-state index is 3.73. The second kappa shape index (κ2) is 7.15. The highest BCUT2D eigenvalue weighted by atomic mass is 32.2. The zero-order valence-electron chi connectivity index (χ0n) is 12.6. The fourth-order valence-electron chi connectivity index (χ4n) is 2.93. The first kappa shape index (κ1) is 14.7. The molecule has 1 heterocycles. The van der Waals surface area contributed by atoms with E-state index in [9.17, 15) is 0 Å². The summed E-state index contributed by atoms with van der Waals surface area (Å²) in [5, 5.41) is 3.73. The summed E-state index contributed by atoms with van der Waals surface area (Å²) >= 11 is 2.06. The van der Waals surface area contributed by atoms with Crippen molar-refractivity contribution < 1.29 is 0 Å². The topological polar surface area (TPSA) is 12.0 Å². The first-order valence-corrected chi connectivity index (χ1v) is 9.03. The first-order valence-electron chi connectivity index (χ1n) is 7.88. The van der Waals surface area contributed by atoms with Crippen molar-refractivity contribution in [2.24, 2.45) is 0 Å². The molecular weight excluding hydrogens is 274 g/mol. The molecule has 1 aliphatic rings. The molecule has 3 rings (SSSR count). The molecule has 0 saturated heterocycles. The predicted molar refractivity (Wildman–Crippen MR) is 93.7 cm³/mol. The molecule has 1 unspecified atom stereocenters. The molecule has 0 aliphatic carbocycles. The summed E-state index contributed by atoms with van der Waals surface area (Å²) in [6.07, 6.45) is 2.42. The van der Waals surface area contributed by atoms with Crippen LogP contribution in [0.1, 0.15) is 36.9 Å². The van der Waals surface area contributed by atoms with Crippen LogP contribution < -0.4 is 5.32 Å². The molecular formula is C19H23NS. The quantitative estimate of drug-likeness (QED) is 0.849. The molecule has 0 fully saturated rings. The fraction of sp³-hybridized carbons (Fsp3) is 0.368. The molecule has 0 bridgehead atoms. The van der Waals surface area contributed by atoms with Crippen molar-refractivity contribution in [1.82, 2.24) is 5.32 Å². The van der Waals surface area contributed by atoms with Gasteiger partial charge in [-0.25, -0.2) is 0 Å². The summed E-state index contributed by atoms with van der Waals surface area (Å²) in [4.78, 5) is 0. The van der Waals surface area contributed by atoms with E-state index >= 15 is 0 Å². The number of thioether (sulfide) groups is 1. The maximum Gasteiger partial charge on any atom is 0.0331 e. The average Bonchev–Trinajstić information content (AvgIpc) is 2.75. The number of hydrogen-bond acceptors (Lipinski definition) is 2. The van der Waals surface area contributed by atoms with Crippen LogP contribution >= 0.6 is 11.8 Å². The summed E-state index contributed by atoms with van der Waals surface area (Å²) in [5.41, 5.74) is 5.66. The summed E-state index contributed by atoms with van der Waals surface area (Å²) in [6, 6.07) is 18.2. The van der Waals surface area contributed by atoms with Gasteiger partial charge in [0.05, 0.1) is 0 Å². The number of benzene rings is 2. The molecule has 1 nitrogen and oxygen atoms in total. The van der Waals surface area contributed by atoms with E-state index in [0.29, 0.717) is 6.04 Å².